The van der Waals surface area contributed by atoms with E-state index in [1.165, 1.54) is 0 Å². The van der Waals surface area contributed by atoms with Crippen LogP contribution in [0, 0.1) is 18.3 Å². The molecule has 0 saturated carbocycles. The molecule has 1 N–H and O–H groups in total. The summed E-state index contributed by atoms with van der Waals surface area (Å²) in [6.45, 7) is 10.8. The Bertz CT molecular complexity index is 1000. The number of ketones is 1. The molecule has 36 heavy (non-hydrogen) atoms. The van der Waals surface area contributed by atoms with E-state index >= 15 is 0 Å². The number of fused-ring (bicyclic) bond motifs is 1. The van der Waals surface area contributed by atoms with Crippen molar-refractivity contribution in [2.24, 2.45) is 11.3 Å². The first kappa shape index (κ1) is 27.3. The lowest BCUT2D eigenvalue weighted by atomic mass is 9.79. The number of carbonyl (C=O) groups is 2. The fourth-order valence-electron chi connectivity index (χ4n) is 5.55. The van der Waals surface area contributed by atoms with Gasteiger partial charge in [-0.2, -0.15) is 0 Å². The third-order valence-corrected chi connectivity index (χ3v) is 8.75. The highest BCUT2D eigenvalue weighted by Gasteiger charge is 2.67. The molecule has 0 spiro atoms. The molecule has 1 aromatic heterocycles. The number of nitrogens with one attached hydrogen (secondary N) is 1. The molecule has 8 heteroatoms. The van der Waals surface area contributed by atoms with E-state index in [1.807, 2.05) is 13.8 Å². The van der Waals surface area contributed by atoms with E-state index in [0.29, 0.717) is 41.8 Å². The fraction of sp³-hybridized carbons (Fsp3) is 0.750. The quantitative estimate of drug-likeness (QED) is 0.509. The van der Waals surface area contributed by atoms with Gasteiger partial charge in [-0.15, -0.1) is 0 Å². The monoisotopic (exact) mass is 520 g/mol. The minimum atomic E-state index is -0.537. The van der Waals surface area contributed by atoms with Crippen LogP contribution in [0.25, 0.3) is 6.08 Å². The minimum absolute atomic E-state index is 0.121. The third kappa shape index (κ3) is 6.59. The van der Waals surface area contributed by atoms with Crippen LogP contribution in [0.2, 0.25) is 0 Å². The van der Waals surface area contributed by atoms with Gasteiger partial charge in [-0.05, 0) is 38.2 Å². The molecule has 5 unspecified atom stereocenters. The Morgan fingerprint density at radius 1 is 1.22 bits per heavy atom. The van der Waals surface area contributed by atoms with Gasteiger partial charge in [0.05, 0.1) is 24.4 Å². The summed E-state index contributed by atoms with van der Waals surface area (Å²) in [4.78, 5) is 30.4. The summed E-state index contributed by atoms with van der Waals surface area (Å²) in [5.74, 6) is 1.13. The second-order valence-electron chi connectivity index (χ2n) is 12.0. The van der Waals surface area contributed by atoms with Gasteiger partial charge in [-0.1, -0.05) is 45.2 Å². The molecule has 0 bridgehead atoms. The SMILES string of the molecule is Cc1nc(C=C(Cl)C2CC3(CC4CO4)OC3(C)CCCC(C)CCC(=O)C(C)(C)CCC(=O)N2)co1. The Morgan fingerprint density at radius 2 is 1.97 bits per heavy atom. The molecule has 1 amide bonds. The Kier molecular flexibility index (Phi) is 8.04. The number of halogens is 1. The second kappa shape index (κ2) is 10.6. The van der Waals surface area contributed by atoms with Crippen LogP contribution in [0.3, 0.4) is 0 Å². The molecule has 3 fully saturated rings. The second-order valence-corrected chi connectivity index (χ2v) is 12.4. The predicted molar refractivity (Wildman–Crippen MR) is 138 cm³/mol. The first-order chi connectivity index (χ1) is 16.9. The van der Waals surface area contributed by atoms with Gasteiger partial charge in [0.25, 0.3) is 0 Å². The number of Topliss-reactive ketones (excluding diaryl/α,β-unsaturated/α-hetero) is 1. The Labute approximate surface area is 219 Å². The summed E-state index contributed by atoms with van der Waals surface area (Å²) in [5.41, 5.74) is -0.628. The number of hydrogen-bond acceptors (Lipinski definition) is 6. The maximum atomic E-state index is 13.1. The van der Waals surface area contributed by atoms with Gasteiger partial charge >= 0.3 is 0 Å². The van der Waals surface area contributed by atoms with Gasteiger partial charge in [-0.3, -0.25) is 9.59 Å². The highest BCUT2D eigenvalue weighted by molar-refractivity contribution is 6.32. The maximum Gasteiger partial charge on any atom is 0.220 e. The number of rotatable bonds is 4. The molecule has 4 heterocycles. The lowest BCUT2D eigenvalue weighted by Gasteiger charge is -2.27. The first-order valence-electron chi connectivity index (χ1n) is 13.4. The normalized spacial score (nSPS) is 36.2. The Morgan fingerprint density at radius 3 is 2.64 bits per heavy atom. The lowest BCUT2D eigenvalue weighted by molar-refractivity contribution is -0.128. The number of nitrogens with zero attached hydrogens (tertiary/aromatic N) is 1. The highest BCUT2D eigenvalue weighted by atomic mass is 35.5. The standard InChI is InChI=1S/C28H41ClN2O5/c1-18-7-6-11-27(5)28(36-27,14-21-17-35-21)15-23(22(29)13-20-16-34-19(2)30-20)31-25(33)10-12-26(3,4)24(32)9-8-18/h13,16,18,21,23H,6-12,14-15,17H2,1-5H3,(H,31,33). The van der Waals surface area contributed by atoms with Gasteiger partial charge in [0.1, 0.15) is 23.3 Å². The number of aryl methyl sites for hydroxylation is 1. The van der Waals surface area contributed by atoms with E-state index in [4.69, 9.17) is 25.5 Å². The summed E-state index contributed by atoms with van der Waals surface area (Å²) < 4.78 is 17.4. The van der Waals surface area contributed by atoms with Crippen LogP contribution < -0.4 is 5.32 Å². The van der Waals surface area contributed by atoms with Crippen LogP contribution >= 0.6 is 11.6 Å². The molecule has 3 aliphatic heterocycles. The lowest BCUT2D eigenvalue weighted by Crippen LogP contribution is -2.41. The van der Waals surface area contributed by atoms with Crippen LogP contribution in [0.4, 0.5) is 0 Å². The number of aromatic nitrogens is 1. The predicted octanol–water partition coefficient (Wildman–Crippen LogP) is 5.73. The largest absolute Gasteiger partial charge is 0.449 e. The van der Waals surface area contributed by atoms with Crippen molar-refractivity contribution in [1.29, 1.82) is 0 Å². The van der Waals surface area contributed by atoms with E-state index < -0.39 is 17.1 Å². The van der Waals surface area contributed by atoms with Crippen molar-refractivity contribution >= 4 is 29.4 Å². The molecule has 5 atom stereocenters. The molecule has 7 nitrogen and oxygen atoms in total. The maximum absolute atomic E-state index is 13.1. The topological polar surface area (TPSA) is 97.3 Å². The van der Waals surface area contributed by atoms with Crippen molar-refractivity contribution in [3.05, 3.63) is 22.9 Å². The summed E-state index contributed by atoms with van der Waals surface area (Å²) in [5, 5.41) is 3.63. The van der Waals surface area contributed by atoms with Crippen molar-refractivity contribution in [2.75, 3.05) is 6.61 Å². The van der Waals surface area contributed by atoms with Crippen molar-refractivity contribution in [3.63, 3.8) is 0 Å². The number of hydrogen-bond donors (Lipinski definition) is 1. The zero-order valence-electron chi connectivity index (χ0n) is 22.3. The van der Waals surface area contributed by atoms with Crippen molar-refractivity contribution in [2.45, 2.75) is 116 Å². The van der Waals surface area contributed by atoms with Crippen LogP contribution in [0.1, 0.15) is 97.1 Å². The van der Waals surface area contributed by atoms with E-state index in [9.17, 15) is 9.59 Å². The number of ether oxygens (including phenoxy) is 2. The summed E-state index contributed by atoms with van der Waals surface area (Å²) in [6, 6.07) is -0.442. The average molecular weight is 521 g/mol. The molecule has 0 aromatic carbocycles. The van der Waals surface area contributed by atoms with Gasteiger partial charge in [0.15, 0.2) is 5.89 Å². The average Bonchev–Trinajstić information content (AvgIpc) is 3.67. The molecular weight excluding hydrogens is 480 g/mol. The Balaban J connectivity index is 1.59. The summed E-state index contributed by atoms with van der Waals surface area (Å²) >= 11 is 6.83. The van der Waals surface area contributed by atoms with Gasteiger partial charge in [-0.25, -0.2) is 4.98 Å². The van der Waals surface area contributed by atoms with E-state index in [-0.39, 0.29) is 29.8 Å². The zero-order valence-corrected chi connectivity index (χ0v) is 23.1. The fourth-order valence-corrected chi connectivity index (χ4v) is 5.80. The van der Waals surface area contributed by atoms with Crippen LogP contribution in [-0.2, 0) is 19.1 Å². The van der Waals surface area contributed by atoms with Gasteiger partial charge < -0.3 is 19.2 Å². The molecule has 0 aliphatic carbocycles. The Hall–Kier alpha value is -1.70. The summed E-state index contributed by atoms with van der Waals surface area (Å²) in [7, 11) is 0. The van der Waals surface area contributed by atoms with Gasteiger partial charge in [0.2, 0.25) is 5.91 Å². The van der Waals surface area contributed by atoms with Crippen molar-refractivity contribution < 1.29 is 23.5 Å². The smallest absolute Gasteiger partial charge is 0.220 e. The van der Waals surface area contributed by atoms with E-state index in [1.54, 1.807) is 19.3 Å². The highest BCUT2D eigenvalue weighted by Crippen LogP contribution is 2.58. The molecule has 0 radical (unpaired) electrons. The van der Waals surface area contributed by atoms with Crippen molar-refractivity contribution in [3.8, 4) is 0 Å². The molecular formula is C28H41ClN2O5. The summed E-state index contributed by atoms with van der Waals surface area (Å²) in [6.07, 6.45) is 10.1. The molecule has 200 valence electrons. The van der Waals surface area contributed by atoms with Crippen molar-refractivity contribution in [1.82, 2.24) is 10.3 Å². The molecule has 4 rings (SSSR count). The molecule has 3 aliphatic rings. The zero-order chi connectivity index (χ0) is 26.1. The third-order valence-electron chi connectivity index (χ3n) is 8.37. The number of oxazole rings is 1. The minimum Gasteiger partial charge on any atom is -0.449 e. The van der Waals surface area contributed by atoms with E-state index in [0.717, 1.165) is 38.7 Å². The number of carbonyl (C=O) groups excluding carboxylic acids is 2. The number of epoxide rings is 2. The molecule has 3 saturated heterocycles. The first-order valence-corrected chi connectivity index (χ1v) is 13.7. The van der Waals surface area contributed by atoms with Crippen LogP contribution in [0.15, 0.2) is 15.7 Å². The van der Waals surface area contributed by atoms with Gasteiger partial charge in [0, 0.05) is 43.1 Å². The van der Waals surface area contributed by atoms with E-state index in [2.05, 4.69) is 24.1 Å². The molecule has 1 aromatic rings. The number of amides is 1. The van der Waals surface area contributed by atoms with Crippen LogP contribution in [-0.4, -0.2) is 46.6 Å². The van der Waals surface area contributed by atoms with Crippen LogP contribution in [0.5, 0.6) is 0 Å².